The average molecular weight is 536 g/mol. The number of benzene rings is 2. The van der Waals surface area contributed by atoms with Crippen molar-refractivity contribution >= 4 is 57.8 Å². The maximum Gasteiger partial charge on any atom is 0.265 e. The molecule has 7 nitrogen and oxygen atoms in total. The molecule has 0 N–H and O–H groups in total. The Kier molecular flexibility index (Phi) is 5.65. The van der Waals surface area contributed by atoms with E-state index in [0.29, 0.717) is 18.1 Å². The second-order valence-corrected chi connectivity index (χ2v) is 8.26. The van der Waals surface area contributed by atoms with Gasteiger partial charge in [0.25, 0.3) is 11.8 Å². The minimum atomic E-state index is -0.416. The number of carbonyl (C=O) groups excluding carboxylic acids is 2. The smallest absolute Gasteiger partial charge is 0.265 e. The van der Waals surface area contributed by atoms with Gasteiger partial charge in [-0.25, -0.2) is 0 Å². The highest BCUT2D eigenvalue weighted by atomic mass is 127. The van der Waals surface area contributed by atoms with E-state index in [9.17, 15) is 9.59 Å². The predicted octanol–water partition coefficient (Wildman–Crippen LogP) is 3.20. The Morgan fingerprint density at radius 3 is 2.47 bits per heavy atom. The monoisotopic (exact) mass is 536 g/mol. The Morgan fingerprint density at radius 1 is 1.07 bits per heavy atom. The fourth-order valence-electron chi connectivity index (χ4n) is 3.06. The minimum absolute atomic E-state index is 0.0680. The first-order valence-corrected chi connectivity index (χ1v) is 10.5. The molecule has 30 heavy (non-hydrogen) atoms. The Labute approximate surface area is 192 Å². The second kappa shape index (κ2) is 8.23. The van der Waals surface area contributed by atoms with Crippen molar-refractivity contribution in [3.63, 3.8) is 0 Å². The first-order chi connectivity index (χ1) is 14.3. The molecule has 1 fully saturated rings. The standard InChI is InChI=1S/C21H17IN2O5S/c1-23-19(25)14(20(26)24(2)21(23)30)7-12-3-5-16(15(22)8-12)27-10-13-4-6-17-18(9-13)29-11-28-17/h3-9H,10-11H2,1-2H3. The lowest BCUT2D eigenvalue weighted by Crippen LogP contribution is -2.52. The van der Waals surface area contributed by atoms with E-state index in [1.165, 1.54) is 9.80 Å². The fourth-order valence-corrected chi connectivity index (χ4v) is 3.92. The Morgan fingerprint density at radius 2 is 1.77 bits per heavy atom. The molecule has 154 valence electrons. The summed E-state index contributed by atoms with van der Waals surface area (Å²) in [6.45, 7) is 0.605. The van der Waals surface area contributed by atoms with E-state index in [1.54, 1.807) is 26.2 Å². The molecule has 2 aliphatic rings. The van der Waals surface area contributed by atoms with Gasteiger partial charge in [0.2, 0.25) is 6.79 Å². The van der Waals surface area contributed by atoms with Crippen LogP contribution in [0.15, 0.2) is 42.0 Å². The van der Waals surface area contributed by atoms with E-state index in [1.807, 2.05) is 30.3 Å². The van der Waals surface area contributed by atoms with E-state index in [2.05, 4.69) is 22.6 Å². The molecule has 2 aromatic carbocycles. The molecule has 0 aromatic heterocycles. The Bertz CT molecular complexity index is 1070. The van der Waals surface area contributed by atoms with Crippen LogP contribution in [-0.2, 0) is 16.2 Å². The fraction of sp³-hybridized carbons (Fsp3) is 0.190. The van der Waals surface area contributed by atoms with Crippen LogP contribution >= 0.6 is 34.8 Å². The average Bonchev–Trinajstić information content (AvgIpc) is 3.21. The Hall–Kier alpha value is -2.66. The zero-order valence-electron chi connectivity index (χ0n) is 16.2. The van der Waals surface area contributed by atoms with Crippen LogP contribution in [0.2, 0.25) is 0 Å². The molecule has 2 amide bonds. The lowest BCUT2D eigenvalue weighted by Gasteiger charge is -2.31. The van der Waals surface area contributed by atoms with E-state index >= 15 is 0 Å². The molecule has 0 aliphatic carbocycles. The molecule has 0 spiro atoms. The second-order valence-electron chi connectivity index (χ2n) is 6.74. The highest BCUT2D eigenvalue weighted by Gasteiger charge is 2.35. The van der Waals surface area contributed by atoms with Crippen molar-refractivity contribution in [1.82, 2.24) is 9.80 Å². The van der Waals surface area contributed by atoms with Crippen molar-refractivity contribution < 1.29 is 23.8 Å². The van der Waals surface area contributed by atoms with Crippen LogP contribution in [0.25, 0.3) is 6.08 Å². The maximum absolute atomic E-state index is 12.5. The number of amides is 2. The Balaban J connectivity index is 1.50. The van der Waals surface area contributed by atoms with E-state index < -0.39 is 11.8 Å². The van der Waals surface area contributed by atoms with Gasteiger partial charge in [0.1, 0.15) is 17.9 Å². The molecule has 0 saturated carbocycles. The third-order valence-corrected chi connectivity index (χ3v) is 6.13. The van der Waals surface area contributed by atoms with Crippen LogP contribution in [0, 0.1) is 3.57 Å². The van der Waals surface area contributed by atoms with Crippen molar-refractivity contribution in [2.45, 2.75) is 6.61 Å². The quantitative estimate of drug-likeness (QED) is 0.259. The van der Waals surface area contributed by atoms with Gasteiger partial charge < -0.3 is 14.2 Å². The topological polar surface area (TPSA) is 68.3 Å². The number of likely N-dealkylation sites (N-methyl/N-ethyl adjacent to an activating group) is 2. The molecule has 0 unspecified atom stereocenters. The van der Waals surface area contributed by atoms with Crippen LogP contribution in [0.4, 0.5) is 0 Å². The molecule has 2 aliphatic heterocycles. The molecule has 9 heteroatoms. The van der Waals surface area contributed by atoms with Crippen LogP contribution in [0.3, 0.4) is 0 Å². The van der Waals surface area contributed by atoms with Crippen LogP contribution in [0.1, 0.15) is 11.1 Å². The van der Waals surface area contributed by atoms with Crippen molar-refractivity contribution in [2.24, 2.45) is 0 Å². The van der Waals surface area contributed by atoms with Crippen LogP contribution in [0.5, 0.6) is 17.2 Å². The number of hydrogen-bond acceptors (Lipinski definition) is 6. The summed E-state index contributed by atoms with van der Waals surface area (Å²) in [4.78, 5) is 27.5. The number of nitrogens with zero attached hydrogens (tertiary/aromatic N) is 2. The first-order valence-electron chi connectivity index (χ1n) is 8.98. The number of thiocarbonyl (C=S) groups is 1. The summed E-state index contributed by atoms with van der Waals surface area (Å²) in [5, 5.41) is 0.184. The van der Waals surface area contributed by atoms with Crippen LogP contribution in [-0.4, -0.2) is 47.6 Å². The van der Waals surface area contributed by atoms with Crippen LogP contribution < -0.4 is 14.2 Å². The number of fused-ring (bicyclic) bond motifs is 1. The number of carbonyl (C=O) groups is 2. The van der Waals surface area contributed by atoms with Gasteiger partial charge in [0.15, 0.2) is 16.6 Å². The van der Waals surface area contributed by atoms with Gasteiger partial charge in [-0.3, -0.25) is 19.4 Å². The summed E-state index contributed by atoms with van der Waals surface area (Å²) in [7, 11) is 3.11. The highest BCUT2D eigenvalue weighted by Crippen LogP contribution is 2.33. The van der Waals surface area contributed by atoms with E-state index in [4.69, 9.17) is 26.4 Å². The van der Waals surface area contributed by atoms with Gasteiger partial charge >= 0.3 is 0 Å². The molecule has 0 radical (unpaired) electrons. The number of halogens is 1. The summed E-state index contributed by atoms with van der Waals surface area (Å²) in [5.41, 5.74) is 1.75. The first kappa shape index (κ1) is 20.6. The van der Waals surface area contributed by atoms with Crippen molar-refractivity contribution in [2.75, 3.05) is 20.9 Å². The number of rotatable bonds is 4. The lowest BCUT2D eigenvalue weighted by atomic mass is 10.1. The number of hydrogen-bond donors (Lipinski definition) is 0. The largest absolute Gasteiger partial charge is 0.488 e. The van der Waals surface area contributed by atoms with Gasteiger partial charge in [-0.05, 0) is 76.3 Å². The van der Waals surface area contributed by atoms with Crippen molar-refractivity contribution in [3.8, 4) is 17.2 Å². The molecule has 2 heterocycles. The predicted molar refractivity (Wildman–Crippen MR) is 122 cm³/mol. The molecule has 0 bridgehead atoms. The minimum Gasteiger partial charge on any atom is -0.488 e. The highest BCUT2D eigenvalue weighted by molar-refractivity contribution is 14.1. The third-order valence-electron chi connectivity index (χ3n) is 4.74. The molecule has 4 rings (SSSR count). The molecular formula is C21H17IN2O5S. The van der Waals surface area contributed by atoms with Gasteiger partial charge in [-0.1, -0.05) is 12.1 Å². The van der Waals surface area contributed by atoms with Crippen molar-refractivity contribution in [1.29, 1.82) is 0 Å². The summed E-state index contributed by atoms with van der Waals surface area (Å²) < 4.78 is 17.5. The summed E-state index contributed by atoms with van der Waals surface area (Å²) in [6, 6.07) is 11.2. The van der Waals surface area contributed by atoms with E-state index in [-0.39, 0.29) is 17.5 Å². The molecule has 0 atom stereocenters. The van der Waals surface area contributed by atoms with Crippen molar-refractivity contribution in [3.05, 3.63) is 56.7 Å². The third kappa shape index (κ3) is 3.86. The maximum atomic E-state index is 12.5. The van der Waals surface area contributed by atoms with E-state index in [0.717, 1.165) is 20.4 Å². The molecule has 1 saturated heterocycles. The zero-order chi connectivity index (χ0) is 21.4. The normalized spacial score (nSPS) is 15.7. The molecular weight excluding hydrogens is 519 g/mol. The summed E-state index contributed by atoms with van der Waals surface area (Å²) in [6.07, 6.45) is 1.57. The van der Waals surface area contributed by atoms with Gasteiger partial charge in [-0.15, -0.1) is 0 Å². The number of ether oxygens (including phenoxy) is 3. The van der Waals surface area contributed by atoms with Gasteiger partial charge in [0.05, 0.1) is 3.57 Å². The summed E-state index contributed by atoms with van der Waals surface area (Å²) in [5.74, 6) is 1.31. The lowest BCUT2D eigenvalue weighted by molar-refractivity contribution is -0.132. The van der Waals surface area contributed by atoms with Gasteiger partial charge in [0, 0.05) is 14.1 Å². The molecule has 2 aromatic rings. The SMILES string of the molecule is CN1C(=O)C(=Cc2ccc(OCc3ccc4c(c3)OCO4)c(I)c2)C(=O)N(C)C1=S. The summed E-state index contributed by atoms with van der Waals surface area (Å²) >= 11 is 7.27. The zero-order valence-corrected chi connectivity index (χ0v) is 19.2. The van der Waals surface area contributed by atoms with Gasteiger partial charge in [-0.2, -0.15) is 0 Å².